The topological polar surface area (TPSA) is 50.2 Å². The maximum atomic E-state index is 12.7. The number of imidazole rings is 1. The Kier molecular flexibility index (Phi) is 4.62. The van der Waals surface area contributed by atoms with Crippen LogP contribution in [0.25, 0.3) is 0 Å². The molecule has 1 aromatic heterocycles. The smallest absolute Gasteiger partial charge is 0.221 e. The molecule has 7 heteroatoms. The van der Waals surface area contributed by atoms with Gasteiger partial charge in [-0.25, -0.2) is 8.96 Å². The van der Waals surface area contributed by atoms with Gasteiger partial charge in [0, 0.05) is 25.3 Å². The minimum absolute atomic E-state index is 0.114. The first-order chi connectivity index (χ1) is 9.60. The molecular weight excluding hydrogens is 279 g/mol. The van der Waals surface area contributed by atoms with Crippen molar-refractivity contribution in [3.63, 3.8) is 0 Å². The van der Waals surface area contributed by atoms with Crippen LogP contribution in [-0.2, 0) is 11.3 Å². The van der Waals surface area contributed by atoms with Gasteiger partial charge in [0.15, 0.2) is 12.3 Å². The first-order valence-corrected chi connectivity index (χ1v) is 6.66. The second-order valence-corrected chi connectivity index (χ2v) is 4.90. The first-order valence-electron chi connectivity index (χ1n) is 5.99. The number of rotatable bonds is 5. The van der Waals surface area contributed by atoms with Crippen LogP contribution in [0, 0.1) is 0 Å². The number of nitrogens with zero attached hydrogens (tertiary/aromatic N) is 3. The van der Waals surface area contributed by atoms with Crippen molar-refractivity contribution in [3.05, 3.63) is 42.5 Å². The quantitative estimate of drug-likeness (QED) is 0.921. The van der Waals surface area contributed by atoms with Gasteiger partial charge in [0.05, 0.1) is 18.4 Å². The van der Waals surface area contributed by atoms with Crippen molar-refractivity contribution >= 4 is 29.6 Å². The second kappa shape index (κ2) is 6.42. The zero-order chi connectivity index (χ0) is 14.5. The molecule has 0 saturated heterocycles. The van der Waals surface area contributed by atoms with Crippen LogP contribution in [0.5, 0.6) is 0 Å². The van der Waals surface area contributed by atoms with Gasteiger partial charge in [0.25, 0.3) is 0 Å². The Hall–Kier alpha value is -2.02. The van der Waals surface area contributed by atoms with Crippen molar-refractivity contribution in [2.75, 3.05) is 17.3 Å². The Bertz CT molecular complexity index is 602. The molecule has 0 radical (unpaired) electrons. The summed E-state index contributed by atoms with van der Waals surface area (Å²) >= 11 is 0.121. The average Bonchev–Trinajstić information content (AvgIpc) is 2.85. The third kappa shape index (κ3) is 3.51. The first kappa shape index (κ1) is 14.4. The SMILES string of the molecule is CC(=O)Nc1cccc(N(C)Cc2cncn2SF)c1. The summed E-state index contributed by atoms with van der Waals surface area (Å²) in [5.74, 6) is -0.114. The molecule has 0 bridgehead atoms. The number of carbonyl (C=O) groups excluding carboxylic acids is 1. The van der Waals surface area contributed by atoms with Gasteiger partial charge in [-0.15, -0.1) is 3.89 Å². The fourth-order valence-electron chi connectivity index (χ4n) is 1.84. The maximum absolute atomic E-state index is 12.7. The molecule has 0 atom stereocenters. The molecule has 106 valence electrons. The van der Waals surface area contributed by atoms with Crippen LogP contribution in [0.4, 0.5) is 15.3 Å². The van der Waals surface area contributed by atoms with Crippen molar-refractivity contribution in [3.8, 4) is 0 Å². The van der Waals surface area contributed by atoms with Gasteiger partial charge in [-0.05, 0) is 18.2 Å². The van der Waals surface area contributed by atoms with Crippen molar-refractivity contribution < 1.29 is 8.68 Å². The fraction of sp³-hybridized carbons (Fsp3) is 0.231. The molecule has 0 aliphatic carbocycles. The van der Waals surface area contributed by atoms with Crippen molar-refractivity contribution in [2.24, 2.45) is 0 Å². The van der Waals surface area contributed by atoms with E-state index in [1.807, 2.05) is 36.2 Å². The number of carbonyl (C=O) groups is 1. The zero-order valence-corrected chi connectivity index (χ0v) is 12.0. The van der Waals surface area contributed by atoms with Crippen LogP contribution in [0.1, 0.15) is 12.6 Å². The summed E-state index contributed by atoms with van der Waals surface area (Å²) < 4.78 is 14.0. The van der Waals surface area contributed by atoms with E-state index in [0.717, 1.165) is 17.1 Å². The van der Waals surface area contributed by atoms with Gasteiger partial charge in [-0.2, -0.15) is 0 Å². The summed E-state index contributed by atoms with van der Waals surface area (Å²) in [7, 11) is 1.90. The minimum atomic E-state index is -0.114. The molecule has 20 heavy (non-hydrogen) atoms. The summed E-state index contributed by atoms with van der Waals surface area (Å²) in [6, 6.07) is 7.47. The van der Waals surface area contributed by atoms with Crippen LogP contribution >= 0.6 is 12.3 Å². The van der Waals surface area contributed by atoms with Crippen LogP contribution in [0.2, 0.25) is 0 Å². The van der Waals surface area contributed by atoms with E-state index in [9.17, 15) is 8.68 Å². The Morgan fingerprint density at radius 3 is 3.05 bits per heavy atom. The van der Waals surface area contributed by atoms with Crippen LogP contribution in [0.15, 0.2) is 36.8 Å². The highest BCUT2D eigenvalue weighted by molar-refractivity contribution is 7.92. The number of hydrogen-bond acceptors (Lipinski definition) is 4. The average molecular weight is 294 g/mol. The highest BCUT2D eigenvalue weighted by Crippen LogP contribution is 2.21. The van der Waals surface area contributed by atoms with Gasteiger partial charge in [-0.1, -0.05) is 6.07 Å². The molecule has 0 unspecified atom stereocenters. The monoisotopic (exact) mass is 294 g/mol. The number of hydrogen-bond donors (Lipinski definition) is 1. The Morgan fingerprint density at radius 1 is 1.55 bits per heavy atom. The predicted molar refractivity (Wildman–Crippen MR) is 79.2 cm³/mol. The van der Waals surface area contributed by atoms with E-state index in [2.05, 4.69) is 10.3 Å². The van der Waals surface area contributed by atoms with Crippen molar-refractivity contribution in [2.45, 2.75) is 13.5 Å². The normalized spacial score (nSPS) is 10.3. The summed E-state index contributed by atoms with van der Waals surface area (Å²) in [4.78, 5) is 16.9. The van der Waals surface area contributed by atoms with Gasteiger partial charge < -0.3 is 10.2 Å². The minimum Gasteiger partial charge on any atom is -0.369 e. The summed E-state index contributed by atoms with van der Waals surface area (Å²) in [5.41, 5.74) is 2.41. The van der Waals surface area contributed by atoms with E-state index >= 15 is 0 Å². The lowest BCUT2D eigenvalue weighted by molar-refractivity contribution is -0.114. The number of anilines is 2. The van der Waals surface area contributed by atoms with Crippen LogP contribution in [-0.4, -0.2) is 21.9 Å². The third-order valence-corrected chi connectivity index (χ3v) is 3.24. The number of nitrogens with one attached hydrogen (secondary N) is 1. The summed E-state index contributed by atoms with van der Waals surface area (Å²) in [6.07, 6.45) is 3.06. The lowest BCUT2D eigenvalue weighted by atomic mass is 10.2. The van der Waals surface area contributed by atoms with Crippen LogP contribution in [0.3, 0.4) is 0 Å². The predicted octanol–water partition coefficient (Wildman–Crippen LogP) is 2.86. The largest absolute Gasteiger partial charge is 0.369 e. The second-order valence-electron chi connectivity index (χ2n) is 4.37. The molecule has 0 fully saturated rings. The van der Waals surface area contributed by atoms with E-state index in [-0.39, 0.29) is 18.2 Å². The number of aromatic nitrogens is 2. The van der Waals surface area contributed by atoms with E-state index in [1.54, 1.807) is 6.20 Å². The lowest BCUT2D eigenvalue weighted by Gasteiger charge is -2.20. The molecule has 1 N–H and O–H groups in total. The van der Waals surface area contributed by atoms with Gasteiger partial charge in [0.2, 0.25) is 5.91 Å². The highest BCUT2D eigenvalue weighted by atomic mass is 32.2. The van der Waals surface area contributed by atoms with E-state index < -0.39 is 0 Å². The van der Waals surface area contributed by atoms with E-state index in [4.69, 9.17) is 0 Å². The van der Waals surface area contributed by atoms with Gasteiger partial charge in [-0.3, -0.25) is 4.79 Å². The molecule has 0 aliphatic heterocycles. The molecule has 2 rings (SSSR count). The van der Waals surface area contributed by atoms with Crippen molar-refractivity contribution in [1.29, 1.82) is 0 Å². The van der Waals surface area contributed by atoms with Gasteiger partial charge >= 0.3 is 0 Å². The highest BCUT2D eigenvalue weighted by Gasteiger charge is 2.08. The molecule has 0 spiro atoms. The molecule has 0 aliphatic rings. The van der Waals surface area contributed by atoms with E-state index in [0.29, 0.717) is 6.54 Å². The molecule has 2 aromatic rings. The number of halogens is 1. The van der Waals surface area contributed by atoms with Gasteiger partial charge in [0.1, 0.15) is 6.33 Å². The lowest BCUT2D eigenvalue weighted by Crippen LogP contribution is -2.18. The standard InChI is InChI=1S/C13H15FN4OS/c1-10(19)16-11-4-3-5-12(6-11)17(2)8-13-7-15-9-18(13)20-14/h3-7,9H,8H2,1-2H3,(H,16,19). The Labute approximate surface area is 121 Å². The van der Waals surface area contributed by atoms with Crippen molar-refractivity contribution in [1.82, 2.24) is 8.96 Å². The van der Waals surface area contributed by atoms with E-state index in [1.165, 1.54) is 17.2 Å². The molecule has 1 heterocycles. The molecule has 1 aromatic carbocycles. The number of amides is 1. The summed E-state index contributed by atoms with van der Waals surface area (Å²) in [5, 5.41) is 2.73. The molecule has 1 amide bonds. The summed E-state index contributed by atoms with van der Waals surface area (Å²) in [6.45, 7) is 1.98. The molecule has 5 nitrogen and oxygen atoms in total. The fourth-order valence-corrected chi connectivity index (χ4v) is 2.13. The Balaban J connectivity index is 2.12. The maximum Gasteiger partial charge on any atom is 0.221 e. The third-order valence-electron chi connectivity index (χ3n) is 2.76. The number of benzene rings is 1. The molecule has 0 saturated carbocycles. The Morgan fingerprint density at radius 2 is 2.35 bits per heavy atom. The van der Waals surface area contributed by atoms with Crippen LogP contribution < -0.4 is 10.2 Å². The zero-order valence-electron chi connectivity index (χ0n) is 11.2. The molecular formula is C13H15FN4OS.